The van der Waals surface area contributed by atoms with Crippen molar-refractivity contribution in [3.8, 4) is 0 Å². The van der Waals surface area contributed by atoms with Gasteiger partial charge in [0.05, 0.1) is 26.2 Å². The molecular formula is C22H28NO+. The van der Waals surface area contributed by atoms with Crippen LogP contribution in [0.4, 0.5) is 0 Å². The molecule has 1 aliphatic carbocycles. The quantitative estimate of drug-likeness (QED) is 0.432. The highest BCUT2D eigenvalue weighted by Crippen LogP contribution is 2.52. The number of benzene rings is 1. The number of hydrogen-bond donors (Lipinski definition) is 0. The second-order valence-electron chi connectivity index (χ2n) is 7.84. The first-order chi connectivity index (χ1) is 11.7. The van der Waals surface area contributed by atoms with Gasteiger partial charge in [0.25, 0.3) is 0 Å². The van der Waals surface area contributed by atoms with Crippen LogP contribution in [0.25, 0.3) is 5.76 Å². The van der Waals surface area contributed by atoms with Crippen LogP contribution >= 0.6 is 0 Å². The van der Waals surface area contributed by atoms with Gasteiger partial charge < -0.3 is 9.22 Å². The summed E-state index contributed by atoms with van der Waals surface area (Å²) < 4.78 is 7.49. The maximum Gasteiger partial charge on any atom is 0.127 e. The molecule has 5 rings (SSSR count). The molecule has 0 aromatic heterocycles. The third kappa shape index (κ3) is 2.63. The largest absolute Gasteiger partial charge is 0.489 e. The number of rotatable bonds is 6. The number of hydrogen-bond acceptors (Lipinski definition) is 1. The summed E-state index contributed by atoms with van der Waals surface area (Å²) in [4.78, 5) is 0. The minimum atomic E-state index is 0.587. The molecule has 4 fully saturated rings. The van der Waals surface area contributed by atoms with E-state index in [0.717, 1.165) is 18.2 Å². The number of nitrogens with zero attached hydrogens (tertiary/aromatic N) is 1. The van der Waals surface area contributed by atoms with Gasteiger partial charge in [-0.15, -0.1) is 0 Å². The third-order valence-electron chi connectivity index (χ3n) is 6.14. The monoisotopic (exact) mass is 322 g/mol. The third-order valence-corrected chi connectivity index (χ3v) is 6.14. The first-order valence-electron chi connectivity index (χ1n) is 9.24. The van der Waals surface area contributed by atoms with Crippen LogP contribution in [0, 0.1) is 17.8 Å². The van der Waals surface area contributed by atoms with Crippen LogP contribution < -0.4 is 0 Å². The van der Waals surface area contributed by atoms with Crippen molar-refractivity contribution in [3.05, 3.63) is 66.8 Å². The van der Waals surface area contributed by atoms with E-state index >= 15 is 0 Å². The van der Waals surface area contributed by atoms with Gasteiger partial charge in [-0.05, 0) is 24.5 Å². The topological polar surface area (TPSA) is 9.23 Å². The lowest BCUT2D eigenvalue weighted by atomic mass is 9.63. The Bertz CT molecular complexity index is 642. The average molecular weight is 322 g/mol. The maximum atomic E-state index is 6.23. The maximum absolute atomic E-state index is 6.23. The molecule has 0 spiro atoms. The summed E-state index contributed by atoms with van der Waals surface area (Å²) in [6.07, 6.45) is 6.67. The van der Waals surface area contributed by atoms with Crippen LogP contribution in [0.3, 0.4) is 0 Å². The van der Waals surface area contributed by atoms with Crippen molar-refractivity contribution in [1.82, 2.24) is 0 Å². The molecule has 126 valence electrons. The zero-order valence-electron chi connectivity index (χ0n) is 14.5. The summed E-state index contributed by atoms with van der Waals surface area (Å²) >= 11 is 0. The van der Waals surface area contributed by atoms with Crippen LogP contribution in [0.5, 0.6) is 0 Å². The minimum absolute atomic E-state index is 0.587. The summed E-state index contributed by atoms with van der Waals surface area (Å²) in [5.41, 5.74) is 2.82. The van der Waals surface area contributed by atoms with Crippen molar-refractivity contribution >= 4 is 5.76 Å². The molecule has 3 saturated heterocycles. The van der Waals surface area contributed by atoms with Gasteiger partial charge in [-0.25, -0.2) is 0 Å². The normalized spacial score (nSPS) is 35.6. The van der Waals surface area contributed by atoms with Crippen molar-refractivity contribution in [2.75, 3.05) is 32.8 Å². The Kier molecular flexibility index (Phi) is 4.09. The van der Waals surface area contributed by atoms with Crippen LogP contribution in [0.15, 0.2) is 61.2 Å². The molecule has 3 heterocycles. The molecule has 1 aromatic carbocycles. The van der Waals surface area contributed by atoms with E-state index in [1.807, 2.05) is 6.08 Å². The molecule has 24 heavy (non-hydrogen) atoms. The molecule has 0 radical (unpaired) electrons. The van der Waals surface area contributed by atoms with Gasteiger partial charge >= 0.3 is 0 Å². The van der Waals surface area contributed by atoms with Gasteiger partial charge in [-0.1, -0.05) is 49.6 Å². The molecule has 1 aromatic rings. The molecule has 3 aliphatic heterocycles. The highest BCUT2D eigenvalue weighted by Gasteiger charge is 2.54. The van der Waals surface area contributed by atoms with E-state index in [4.69, 9.17) is 4.74 Å². The van der Waals surface area contributed by atoms with Gasteiger partial charge in [0.2, 0.25) is 0 Å². The number of ether oxygens (including phenoxy) is 1. The molecule has 0 N–H and O–H groups in total. The lowest BCUT2D eigenvalue weighted by Gasteiger charge is -2.58. The Morgan fingerprint density at radius 3 is 2.38 bits per heavy atom. The van der Waals surface area contributed by atoms with Gasteiger partial charge in [-0.3, -0.25) is 0 Å². The van der Waals surface area contributed by atoms with E-state index < -0.39 is 0 Å². The van der Waals surface area contributed by atoms with Crippen molar-refractivity contribution < 1.29 is 9.22 Å². The molecule has 2 heteroatoms. The predicted octanol–water partition coefficient (Wildman–Crippen LogP) is 4.27. The van der Waals surface area contributed by atoms with E-state index in [1.54, 1.807) is 5.57 Å². The summed E-state index contributed by atoms with van der Waals surface area (Å²) in [5, 5.41) is 0. The predicted molar refractivity (Wildman–Crippen MR) is 99.1 cm³/mol. The van der Waals surface area contributed by atoms with Crippen molar-refractivity contribution in [1.29, 1.82) is 0 Å². The molecule has 0 amide bonds. The van der Waals surface area contributed by atoms with Gasteiger partial charge in [0.1, 0.15) is 12.4 Å². The van der Waals surface area contributed by atoms with Gasteiger partial charge in [0, 0.05) is 23.3 Å². The van der Waals surface area contributed by atoms with E-state index in [9.17, 15) is 0 Å². The van der Waals surface area contributed by atoms with Crippen LogP contribution in [-0.4, -0.2) is 37.3 Å². The Hall–Kier alpha value is -1.80. The second kappa shape index (κ2) is 6.25. The Morgan fingerprint density at radius 1 is 1.04 bits per heavy atom. The SMILES string of the molecule is C=CCOC(=C1[C@@H]2CC3C[C@H]1C[N+](CC=C)(C3)C2)c1ccccc1. The number of piperidine rings is 3. The number of quaternary nitrogens is 1. The summed E-state index contributed by atoms with van der Waals surface area (Å²) in [5.74, 6) is 3.39. The van der Waals surface area contributed by atoms with Gasteiger partial charge in [-0.2, -0.15) is 0 Å². The average Bonchev–Trinajstić information content (AvgIpc) is 2.57. The molecule has 4 atom stereocenters. The van der Waals surface area contributed by atoms with E-state index in [1.165, 1.54) is 42.5 Å². The van der Waals surface area contributed by atoms with Crippen molar-refractivity contribution in [3.63, 3.8) is 0 Å². The van der Waals surface area contributed by atoms with Gasteiger partial charge in [0.15, 0.2) is 0 Å². The Labute approximate surface area is 145 Å². The van der Waals surface area contributed by atoms with Crippen molar-refractivity contribution in [2.24, 2.45) is 17.8 Å². The van der Waals surface area contributed by atoms with E-state index in [-0.39, 0.29) is 0 Å². The second-order valence-corrected chi connectivity index (χ2v) is 7.84. The van der Waals surface area contributed by atoms with Crippen LogP contribution in [0.1, 0.15) is 18.4 Å². The fraction of sp³-hybridized carbons (Fsp3) is 0.455. The zero-order chi connectivity index (χ0) is 16.6. The summed E-state index contributed by atoms with van der Waals surface area (Å²) in [6.45, 7) is 13.5. The zero-order valence-corrected chi connectivity index (χ0v) is 14.5. The highest BCUT2D eigenvalue weighted by atomic mass is 16.5. The first-order valence-corrected chi connectivity index (χ1v) is 9.24. The minimum Gasteiger partial charge on any atom is -0.489 e. The highest BCUT2D eigenvalue weighted by molar-refractivity contribution is 5.65. The Balaban J connectivity index is 1.74. The molecule has 4 aliphatic rings. The summed E-state index contributed by atoms with van der Waals surface area (Å²) in [6, 6.07) is 10.7. The molecule has 4 bridgehead atoms. The smallest absolute Gasteiger partial charge is 0.127 e. The fourth-order valence-corrected chi connectivity index (χ4v) is 5.62. The fourth-order valence-electron chi connectivity index (χ4n) is 5.62. The van der Waals surface area contributed by atoms with E-state index in [2.05, 4.69) is 49.6 Å². The van der Waals surface area contributed by atoms with E-state index in [0.29, 0.717) is 18.4 Å². The lowest BCUT2D eigenvalue weighted by Crippen LogP contribution is -2.66. The van der Waals surface area contributed by atoms with Crippen LogP contribution in [0.2, 0.25) is 0 Å². The first kappa shape index (κ1) is 15.7. The Morgan fingerprint density at radius 2 is 1.75 bits per heavy atom. The molecule has 2 nitrogen and oxygen atoms in total. The summed E-state index contributed by atoms with van der Waals surface area (Å²) in [7, 11) is 0. The van der Waals surface area contributed by atoms with Crippen LogP contribution in [-0.2, 0) is 4.74 Å². The standard InChI is InChI=1S/C22H28NO/c1-3-10-23-14-17-12-19(15-23)21(20(13-17)16-23)22(24-11-4-2)18-8-6-5-7-9-18/h3-9,17,19-20H,1-2,10-16H2/q+1/t17?,19-,20+,23?. The lowest BCUT2D eigenvalue weighted by molar-refractivity contribution is -0.946. The molecule has 1 saturated carbocycles. The molecule has 2 unspecified atom stereocenters. The van der Waals surface area contributed by atoms with Crippen molar-refractivity contribution in [2.45, 2.75) is 12.8 Å². The molecular weight excluding hydrogens is 294 g/mol.